The lowest BCUT2D eigenvalue weighted by molar-refractivity contribution is -0.137. The van der Waals surface area contributed by atoms with E-state index < -0.39 is 34.6 Å². The summed E-state index contributed by atoms with van der Waals surface area (Å²) in [6, 6.07) is 4.92. The lowest BCUT2D eigenvalue weighted by Crippen LogP contribution is -2.41. The maximum absolute atomic E-state index is 13.6. The Labute approximate surface area is 173 Å². The summed E-state index contributed by atoms with van der Waals surface area (Å²) in [5.74, 6) is -0.0684. The molecule has 2 aromatic rings. The lowest BCUT2D eigenvalue weighted by atomic mass is 10.1. The van der Waals surface area contributed by atoms with Crippen LogP contribution >= 0.6 is 0 Å². The number of aliphatic imine (C=N–C) groups is 1. The van der Waals surface area contributed by atoms with Gasteiger partial charge in [-0.15, -0.1) is 0 Å². The number of fused-ring (bicyclic) bond motifs is 1. The van der Waals surface area contributed by atoms with E-state index >= 15 is 0 Å². The van der Waals surface area contributed by atoms with Gasteiger partial charge in [0.15, 0.2) is 0 Å². The van der Waals surface area contributed by atoms with E-state index in [1.54, 1.807) is 7.05 Å². The largest absolute Gasteiger partial charge is 0.417 e. The third-order valence-electron chi connectivity index (χ3n) is 4.84. The van der Waals surface area contributed by atoms with E-state index in [0.717, 1.165) is 36.7 Å². The highest BCUT2D eigenvalue weighted by atomic mass is 32.2. The molecule has 0 bridgehead atoms. The van der Waals surface area contributed by atoms with Crippen LogP contribution in [-0.4, -0.2) is 32.3 Å². The molecule has 30 heavy (non-hydrogen) atoms. The number of nitrogen functional groups attached to an aromatic ring is 1. The molecule has 2 heterocycles. The minimum Gasteiger partial charge on any atom is -0.399 e. The smallest absolute Gasteiger partial charge is 0.399 e. The molecule has 0 spiro atoms. The number of nitrogens with two attached hydrogens (primary N) is 2. The lowest BCUT2D eigenvalue weighted by Gasteiger charge is -2.26. The van der Waals surface area contributed by atoms with Crippen molar-refractivity contribution in [2.75, 3.05) is 18.5 Å². The molecule has 0 fully saturated rings. The molecule has 1 aliphatic heterocycles. The van der Waals surface area contributed by atoms with Crippen LogP contribution in [0.1, 0.15) is 34.8 Å². The van der Waals surface area contributed by atoms with Crippen molar-refractivity contribution in [3.05, 3.63) is 58.7 Å². The van der Waals surface area contributed by atoms with Gasteiger partial charge in [0.05, 0.1) is 17.4 Å². The van der Waals surface area contributed by atoms with Crippen LogP contribution in [0.5, 0.6) is 0 Å². The van der Waals surface area contributed by atoms with Crippen LogP contribution in [0, 0.1) is 5.82 Å². The first-order chi connectivity index (χ1) is 14.1. The van der Waals surface area contributed by atoms with Gasteiger partial charge in [0.2, 0.25) is 5.96 Å². The molecule has 4 rings (SSSR count). The van der Waals surface area contributed by atoms with E-state index in [1.165, 1.54) is 28.6 Å². The standard InChI is InChI=1S/C10H13FN4OS.C9H8F3N/c1-15-10(13)14-9(5-17(15)16)7-4-6(12)2-3-8(7)11;10-9(11,12)7-4-6-2-1-3-8(6)13-5-7/h2-4,9H,5,12H2,1H3,(H2,13,14);4-5H,1-3H2. The van der Waals surface area contributed by atoms with Crippen LogP contribution < -0.4 is 11.5 Å². The zero-order valence-electron chi connectivity index (χ0n) is 16.1. The molecule has 4 N–H and O–H groups in total. The topological polar surface area (TPSA) is 97.6 Å². The molecular formula is C19H21F4N5OS. The fourth-order valence-electron chi connectivity index (χ4n) is 3.19. The summed E-state index contributed by atoms with van der Waals surface area (Å²) in [5, 5.41) is 0. The molecule has 2 atom stereocenters. The summed E-state index contributed by atoms with van der Waals surface area (Å²) in [7, 11) is 0.294. The van der Waals surface area contributed by atoms with Gasteiger partial charge in [0, 0.05) is 30.2 Å². The van der Waals surface area contributed by atoms with E-state index in [-0.39, 0.29) is 11.7 Å². The van der Waals surface area contributed by atoms with E-state index in [1.807, 2.05) is 0 Å². The number of alkyl halides is 3. The Morgan fingerprint density at radius 1 is 1.20 bits per heavy atom. The number of hydrogen-bond donors (Lipinski definition) is 2. The molecule has 1 aliphatic carbocycles. The molecule has 0 radical (unpaired) electrons. The molecule has 1 aromatic heterocycles. The number of halogens is 4. The fourth-order valence-corrected chi connectivity index (χ4v) is 4.19. The van der Waals surface area contributed by atoms with Gasteiger partial charge >= 0.3 is 6.18 Å². The normalized spacial score (nSPS) is 20.8. The second-order valence-electron chi connectivity index (χ2n) is 6.95. The van der Waals surface area contributed by atoms with E-state index in [0.29, 0.717) is 11.3 Å². The number of anilines is 1. The summed E-state index contributed by atoms with van der Waals surface area (Å²) in [6.45, 7) is 0. The number of nitrogens with zero attached hydrogens (tertiary/aromatic N) is 3. The van der Waals surface area contributed by atoms with Crippen molar-refractivity contribution in [3.8, 4) is 0 Å². The number of rotatable bonds is 1. The third kappa shape index (κ3) is 4.89. The highest BCUT2D eigenvalue weighted by Gasteiger charge is 2.32. The van der Waals surface area contributed by atoms with Gasteiger partial charge in [0.25, 0.3) is 0 Å². The highest BCUT2D eigenvalue weighted by molar-refractivity contribution is 7.83. The fraction of sp³-hybridized carbons (Fsp3) is 0.368. The van der Waals surface area contributed by atoms with Crippen molar-refractivity contribution >= 4 is 22.6 Å². The van der Waals surface area contributed by atoms with E-state index in [2.05, 4.69) is 9.98 Å². The number of hydrogen-bond acceptors (Lipinski definition) is 5. The summed E-state index contributed by atoms with van der Waals surface area (Å²) >= 11 is 0. The summed E-state index contributed by atoms with van der Waals surface area (Å²) in [5.41, 5.74) is 12.9. The minimum atomic E-state index is -4.26. The first-order valence-electron chi connectivity index (χ1n) is 9.11. The van der Waals surface area contributed by atoms with E-state index in [9.17, 15) is 21.8 Å². The summed E-state index contributed by atoms with van der Waals surface area (Å²) in [4.78, 5) is 7.92. The SMILES string of the molecule is CN1C(N)=NC(c2cc(N)ccc2F)CS1=O.FC(F)(F)c1cnc2c(c1)CCC2. The third-order valence-corrected chi connectivity index (χ3v) is 6.24. The highest BCUT2D eigenvalue weighted by Crippen LogP contribution is 2.31. The molecule has 0 saturated heterocycles. The van der Waals surface area contributed by atoms with Crippen molar-refractivity contribution in [2.45, 2.75) is 31.5 Å². The average Bonchev–Trinajstić information content (AvgIpc) is 3.15. The second-order valence-corrected chi connectivity index (χ2v) is 8.47. The Morgan fingerprint density at radius 3 is 2.60 bits per heavy atom. The zero-order chi connectivity index (χ0) is 22.1. The first-order valence-corrected chi connectivity index (χ1v) is 10.4. The predicted octanol–water partition coefficient (Wildman–Crippen LogP) is 2.96. The number of aryl methyl sites for hydroxylation is 2. The molecule has 2 aliphatic rings. The monoisotopic (exact) mass is 443 g/mol. The van der Waals surface area contributed by atoms with Crippen LogP contribution in [0.2, 0.25) is 0 Å². The van der Waals surface area contributed by atoms with Crippen molar-refractivity contribution in [1.29, 1.82) is 0 Å². The Balaban J connectivity index is 0.000000177. The van der Waals surface area contributed by atoms with Crippen molar-refractivity contribution < 1.29 is 21.8 Å². The molecule has 0 amide bonds. The second kappa shape index (κ2) is 8.58. The molecule has 11 heteroatoms. The van der Waals surface area contributed by atoms with Gasteiger partial charge in [-0.3, -0.25) is 9.29 Å². The van der Waals surface area contributed by atoms with Crippen LogP contribution in [0.3, 0.4) is 0 Å². The first kappa shape index (κ1) is 22.0. The van der Waals surface area contributed by atoms with Gasteiger partial charge in [-0.1, -0.05) is 0 Å². The zero-order valence-corrected chi connectivity index (χ0v) is 16.9. The van der Waals surface area contributed by atoms with Crippen LogP contribution in [0.25, 0.3) is 0 Å². The molecular weight excluding hydrogens is 422 g/mol. The molecule has 1 aromatic carbocycles. The number of pyridine rings is 1. The number of benzene rings is 1. The molecule has 2 unspecified atom stereocenters. The predicted molar refractivity (Wildman–Crippen MR) is 107 cm³/mol. The van der Waals surface area contributed by atoms with Crippen molar-refractivity contribution in [3.63, 3.8) is 0 Å². The maximum Gasteiger partial charge on any atom is 0.417 e. The van der Waals surface area contributed by atoms with Crippen molar-refractivity contribution in [1.82, 2.24) is 9.29 Å². The van der Waals surface area contributed by atoms with Gasteiger partial charge in [-0.2, -0.15) is 13.2 Å². The van der Waals surface area contributed by atoms with Gasteiger partial charge in [-0.05, 0) is 49.1 Å². The number of guanidine groups is 1. The van der Waals surface area contributed by atoms with Gasteiger partial charge < -0.3 is 11.5 Å². The number of aromatic nitrogens is 1. The molecule has 6 nitrogen and oxygen atoms in total. The Hall–Kier alpha value is -2.69. The van der Waals surface area contributed by atoms with Crippen LogP contribution in [-0.2, 0) is 30.0 Å². The van der Waals surface area contributed by atoms with E-state index in [4.69, 9.17) is 11.5 Å². The molecule has 162 valence electrons. The summed E-state index contributed by atoms with van der Waals surface area (Å²) < 4.78 is 63.3. The molecule has 0 saturated carbocycles. The average molecular weight is 443 g/mol. The Bertz CT molecular complexity index is 995. The summed E-state index contributed by atoms with van der Waals surface area (Å²) in [6.07, 6.45) is -0.877. The Morgan fingerprint density at radius 2 is 1.93 bits per heavy atom. The maximum atomic E-state index is 13.6. The van der Waals surface area contributed by atoms with Gasteiger partial charge in [-0.25, -0.2) is 13.6 Å². The van der Waals surface area contributed by atoms with Crippen LogP contribution in [0.4, 0.5) is 23.2 Å². The van der Waals surface area contributed by atoms with Gasteiger partial charge in [0.1, 0.15) is 16.8 Å². The minimum absolute atomic E-state index is 0.140. The quantitative estimate of drug-likeness (QED) is 0.523. The van der Waals surface area contributed by atoms with Crippen molar-refractivity contribution in [2.24, 2.45) is 10.7 Å². The Kier molecular flexibility index (Phi) is 6.30. The van der Waals surface area contributed by atoms with Crippen LogP contribution in [0.15, 0.2) is 35.5 Å².